The Morgan fingerprint density at radius 3 is 2.22 bits per heavy atom. The molecule has 98 valence electrons. The van der Waals surface area contributed by atoms with Crippen LogP contribution in [-0.4, -0.2) is 11.6 Å². The maximum Gasteiger partial charge on any atom is 0.365 e. The number of carbonyl (C=O) groups is 1. The van der Waals surface area contributed by atoms with E-state index in [2.05, 4.69) is 18.7 Å². The van der Waals surface area contributed by atoms with E-state index < -0.39 is 11.6 Å². The Balaban J connectivity index is 2.16. The zero-order valence-corrected chi connectivity index (χ0v) is 10.9. The molecular formula is C15H20O3. The van der Waals surface area contributed by atoms with E-state index in [0.717, 1.165) is 44.6 Å². The number of carbonyl (C=O) groups excluding carboxylic acids is 1. The van der Waals surface area contributed by atoms with Gasteiger partial charge < -0.3 is 0 Å². The average Bonchev–Trinajstić information content (AvgIpc) is 3.06. The van der Waals surface area contributed by atoms with E-state index in [0.29, 0.717) is 0 Å². The Bertz CT molecular complexity index is 380. The van der Waals surface area contributed by atoms with Gasteiger partial charge in [-0.25, -0.2) is 4.79 Å². The van der Waals surface area contributed by atoms with Crippen molar-refractivity contribution in [1.82, 2.24) is 0 Å². The van der Waals surface area contributed by atoms with Gasteiger partial charge in [-0.05, 0) is 56.6 Å². The fraction of sp³-hybridized carbons (Fsp3) is 0.533. The summed E-state index contributed by atoms with van der Waals surface area (Å²) in [6.45, 7) is 5.37. The van der Waals surface area contributed by atoms with E-state index in [1.54, 1.807) is 0 Å². The van der Waals surface area contributed by atoms with Crippen molar-refractivity contribution in [1.29, 1.82) is 0 Å². The summed E-state index contributed by atoms with van der Waals surface area (Å²) in [6.07, 6.45) is 12.0. The highest BCUT2D eigenvalue weighted by Gasteiger charge is 2.38. The van der Waals surface area contributed by atoms with Crippen LogP contribution in [0.5, 0.6) is 0 Å². The third-order valence-electron chi connectivity index (χ3n) is 3.76. The molecule has 0 amide bonds. The summed E-state index contributed by atoms with van der Waals surface area (Å²) >= 11 is 0. The lowest BCUT2D eigenvalue weighted by atomic mass is 9.86. The fourth-order valence-electron chi connectivity index (χ4n) is 2.68. The number of hydrogen-bond acceptors (Lipinski definition) is 3. The van der Waals surface area contributed by atoms with Crippen LogP contribution in [0.1, 0.15) is 45.4 Å². The Kier molecular flexibility index (Phi) is 4.02. The van der Waals surface area contributed by atoms with Crippen LogP contribution in [0.15, 0.2) is 36.0 Å². The molecule has 0 fully saturated rings. The molecule has 2 aliphatic rings. The lowest BCUT2D eigenvalue weighted by Gasteiger charge is -2.30. The van der Waals surface area contributed by atoms with Crippen molar-refractivity contribution in [2.24, 2.45) is 0 Å². The summed E-state index contributed by atoms with van der Waals surface area (Å²) in [5, 5.41) is 0. The first kappa shape index (κ1) is 13.1. The van der Waals surface area contributed by atoms with Crippen LogP contribution in [0.3, 0.4) is 0 Å². The predicted molar refractivity (Wildman–Crippen MR) is 69.6 cm³/mol. The highest BCUT2D eigenvalue weighted by atomic mass is 17.2. The van der Waals surface area contributed by atoms with Gasteiger partial charge in [0, 0.05) is 6.08 Å². The molecule has 0 aromatic carbocycles. The second-order valence-corrected chi connectivity index (χ2v) is 4.97. The summed E-state index contributed by atoms with van der Waals surface area (Å²) in [5.41, 5.74) is 1.88. The third-order valence-corrected chi connectivity index (χ3v) is 3.76. The van der Waals surface area contributed by atoms with Gasteiger partial charge in [-0.3, -0.25) is 4.89 Å². The number of rotatable bonds is 5. The van der Waals surface area contributed by atoms with Gasteiger partial charge in [-0.2, -0.15) is 4.89 Å². The molecule has 0 N–H and O–H groups in total. The fourth-order valence-corrected chi connectivity index (χ4v) is 2.68. The molecule has 0 aromatic heterocycles. The van der Waals surface area contributed by atoms with Crippen molar-refractivity contribution in [3.05, 3.63) is 36.0 Å². The second-order valence-electron chi connectivity index (χ2n) is 4.97. The van der Waals surface area contributed by atoms with E-state index in [-0.39, 0.29) is 0 Å². The molecule has 0 heterocycles. The molecule has 2 rings (SSSR count). The normalized spacial score (nSPS) is 19.4. The molecule has 2 aliphatic carbocycles. The largest absolute Gasteiger partial charge is 0.365 e. The lowest BCUT2D eigenvalue weighted by Crippen LogP contribution is -2.33. The molecule has 0 radical (unpaired) electrons. The maximum atomic E-state index is 11.2. The summed E-state index contributed by atoms with van der Waals surface area (Å²) in [6, 6.07) is 0. The molecule has 18 heavy (non-hydrogen) atoms. The number of hydrogen-bond donors (Lipinski definition) is 0. The monoisotopic (exact) mass is 248 g/mol. The van der Waals surface area contributed by atoms with Crippen LogP contribution in [0.25, 0.3) is 0 Å². The van der Waals surface area contributed by atoms with Gasteiger partial charge in [0.05, 0.1) is 0 Å². The zero-order chi connectivity index (χ0) is 13.0. The number of allylic oxidation sites excluding steroid dienone is 2. The van der Waals surface area contributed by atoms with E-state index in [4.69, 9.17) is 9.78 Å². The van der Waals surface area contributed by atoms with Crippen LogP contribution < -0.4 is 0 Å². The predicted octanol–water partition coefficient (Wildman–Crippen LogP) is 3.63. The van der Waals surface area contributed by atoms with Crippen molar-refractivity contribution in [2.75, 3.05) is 0 Å². The Labute approximate surface area is 108 Å². The van der Waals surface area contributed by atoms with Gasteiger partial charge in [0.25, 0.3) is 0 Å². The second kappa shape index (κ2) is 5.53. The molecular weight excluding hydrogens is 228 g/mol. The van der Waals surface area contributed by atoms with E-state index in [1.807, 2.05) is 6.92 Å². The standard InChI is InChI=1S/C15H20O3/c1-3-14(16)17-18-15(2,12-8-4-5-9-12)13-10-6-7-11-13/h3,8,10H,1,4-7,9,11H2,2H3. The van der Waals surface area contributed by atoms with Crippen molar-refractivity contribution >= 4 is 5.97 Å². The summed E-state index contributed by atoms with van der Waals surface area (Å²) in [5.74, 6) is -0.543. The van der Waals surface area contributed by atoms with Gasteiger partial charge in [-0.15, -0.1) is 0 Å². The van der Waals surface area contributed by atoms with Crippen molar-refractivity contribution in [3.63, 3.8) is 0 Å². The zero-order valence-electron chi connectivity index (χ0n) is 10.9. The van der Waals surface area contributed by atoms with Gasteiger partial charge in [0.2, 0.25) is 0 Å². The maximum absolute atomic E-state index is 11.2. The van der Waals surface area contributed by atoms with Crippen molar-refractivity contribution < 1.29 is 14.6 Å². The van der Waals surface area contributed by atoms with E-state index in [9.17, 15) is 4.79 Å². The highest BCUT2D eigenvalue weighted by molar-refractivity contribution is 5.80. The molecule has 0 saturated carbocycles. The van der Waals surface area contributed by atoms with Gasteiger partial charge >= 0.3 is 5.97 Å². The minimum atomic E-state index is -0.578. The first-order chi connectivity index (χ1) is 8.66. The topological polar surface area (TPSA) is 35.5 Å². The molecule has 0 bridgehead atoms. The average molecular weight is 248 g/mol. The summed E-state index contributed by atoms with van der Waals surface area (Å²) in [4.78, 5) is 21.5. The van der Waals surface area contributed by atoms with Crippen LogP contribution in [0.4, 0.5) is 0 Å². The molecule has 3 nitrogen and oxygen atoms in total. The minimum absolute atomic E-state index is 0.543. The highest BCUT2D eigenvalue weighted by Crippen LogP contribution is 2.41. The van der Waals surface area contributed by atoms with Gasteiger partial charge in [0.15, 0.2) is 5.60 Å². The van der Waals surface area contributed by atoms with Crippen LogP contribution in [0.2, 0.25) is 0 Å². The minimum Gasteiger partial charge on any atom is -0.292 e. The summed E-state index contributed by atoms with van der Waals surface area (Å²) in [7, 11) is 0. The molecule has 0 atom stereocenters. The SMILES string of the molecule is C=CC(=O)OOC(C)(C1=CCCC1)C1=CCCC1. The molecule has 0 spiro atoms. The Hall–Kier alpha value is -1.35. The smallest absolute Gasteiger partial charge is 0.292 e. The van der Waals surface area contributed by atoms with Crippen molar-refractivity contribution in [3.8, 4) is 0 Å². The van der Waals surface area contributed by atoms with E-state index >= 15 is 0 Å². The lowest BCUT2D eigenvalue weighted by molar-refractivity contribution is -0.306. The Morgan fingerprint density at radius 1 is 1.28 bits per heavy atom. The molecule has 0 aliphatic heterocycles. The Morgan fingerprint density at radius 2 is 1.83 bits per heavy atom. The first-order valence-corrected chi connectivity index (χ1v) is 6.58. The molecule has 0 unspecified atom stereocenters. The van der Waals surface area contributed by atoms with Gasteiger partial charge in [0.1, 0.15) is 0 Å². The summed E-state index contributed by atoms with van der Waals surface area (Å²) < 4.78 is 0. The third kappa shape index (κ3) is 2.56. The molecule has 0 aromatic rings. The van der Waals surface area contributed by atoms with E-state index in [1.165, 1.54) is 11.1 Å². The first-order valence-electron chi connectivity index (χ1n) is 6.58. The van der Waals surface area contributed by atoms with Crippen molar-refractivity contribution in [2.45, 2.75) is 51.0 Å². The molecule has 0 saturated heterocycles. The molecule has 3 heteroatoms. The van der Waals surface area contributed by atoms with Crippen LogP contribution >= 0.6 is 0 Å². The quantitative estimate of drug-likeness (QED) is 0.322. The van der Waals surface area contributed by atoms with Crippen LogP contribution in [0, 0.1) is 0 Å². The van der Waals surface area contributed by atoms with Gasteiger partial charge in [-0.1, -0.05) is 18.7 Å². The van der Waals surface area contributed by atoms with Crippen LogP contribution in [-0.2, 0) is 14.6 Å².